The third-order valence-corrected chi connectivity index (χ3v) is 4.13. The molecule has 0 saturated carbocycles. The molecule has 0 aromatic heterocycles. The highest BCUT2D eigenvalue weighted by Gasteiger charge is 2.42. The molecule has 2 atom stereocenters. The van der Waals surface area contributed by atoms with Crippen molar-refractivity contribution in [2.45, 2.75) is 62.9 Å². The normalized spacial score (nSPS) is 25.6. The van der Waals surface area contributed by atoms with Crippen molar-refractivity contribution in [3.05, 3.63) is 0 Å². The predicted molar refractivity (Wildman–Crippen MR) is 84.6 cm³/mol. The van der Waals surface area contributed by atoms with Crippen LogP contribution in [-0.4, -0.2) is 44.4 Å². The van der Waals surface area contributed by atoms with Gasteiger partial charge in [0.15, 0.2) is 0 Å². The van der Waals surface area contributed by atoms with Crippen LogP contribution in [0.15, 0.2) is 0 Å². The van der Waals surface area contributed by atoms with Gasteiger partial charge in [-0.1, -0.05) is 12.8 Å². The highest BCUT2D eigenvalue weighted by atomic mass is 16.5. The molecule has 0 radical (unpaired) electrons. The predicted octanol–water partition coefficient (Wildman–Crippen LogP) is 0.711. The van der Waals surface area contributed by atoms with Crippen molar-refractivity contribution in [3.8, 4) is 0 Å². The van der Waals surface area contributed by atoms with Gasteiger partial charge in [-0.25, -0.2) is 0 Å². The first-order valence-corrected chi connectivity index (χ1v) is 8.22. The summed E-state index contributed by atoms with van der Waals surface area (Å²) in [5.74, 6) is 0. The fourth-order valence-corrected chi connectivity index (χ4v) is 3.01. The lowest BCUT2D eigenvalue weighted by molar-refractivity contribution is 0.00170. The molecule has 1 saturated heterocycles. The van der Waals surface area contributed by atoms with Gasteiger partial charge >= 0.3 is 0 Å². The minimum absolute atomic E-state index is 0.197. The highest BCUT2D eigenvalue weighted by molar-refractivity contribution is 5.03. The Morgan fingerprint density at radius 1 is 0.950 bits per heavy atom. The Labute approximate surface area is 124 Å². The molecule has 0 bridgehead atoms. The van der Waals surface area contributed by atoms with Crippen LogP contribution in [0.1, 0.15) is 51.4 Å². The molecular weight excluding hydrogens is 252 g/mol. The van der Waals surface area contributed by atoms with E-state index in [1.165, 1.54) is 32.1 Å². The summed E-state index contributed by atoms with van der Waals surface area (Å²) in [4.78, 5) is 0. The molecule has 1 fully saturated rings. The molecule has 2 unspecified atom stereocenters. The molecule has 0 aliphatic carbocycles. The molecule has 1 aliphatic rings. The molecule has 7 N–H and O–H groups in total. The lowest BCUT2D eigenvalue weighted by Gasteiger charge is -2.50. The van der Waals surface area contributed by atoms with Gasteiger partial charge in [-0.2, -0.15) is 0 Å². The van der Waals surface area contributed by atoms with Crippen molar-refractivity contribution in [3.63, 3.8) is 0 Å². The smallest absolute Gasteiger partial charge is 0.0648 e. The second-order valence-corrected chi connectivity index (χ2v) is 6.05. The molecule has 0 aromatic carbocycles. The van der Waals surface area contributed by atoms with Crippen LogP contribution in [-0.2, 0) is 4.74 Å². The SMILES string of the molecule is NCCCCCC1(COCCCN)CC(CCCN)N1. The van der Waals surface area contributed by atoms with E-state index in [0.29, 0.717) is 12.6 Å². The third kappa shape index (κ3) is 6.50. The average Bonchev–Trinajstić information content (AvgIpc) is 2.42. The largest absolute Gasteiger partial charge is 0.379 e. The zero-order chi connectivity index (χ0) is 14.7. The average molecular weight is 286 g/mol. The maximum Gasteiger partial charge on any atom is 0.0648 e. The van der Waals surface area contributed by atoms with Crippen LogP contribution < -0.4 is 22.5 Å². The van der Waals surface area contributed by atoms with E-state index in [9.17, 15) is 0 Å². The van der Waals surface area contributed by atoms with Gasteiger partial charge in [-0.3, -0.25) is 0 Å². The Hall–Kier alpha value is -0.200. The fraction of sp³-hybridized carbons (Fsp3) is 1.00. The summed E-state index contributed by atoms with van der Waals surface area (Å²) in [6.07, 6.45) is 9.22. The Morgan fingerprint density at radius 3 is 2.30 bits per heavy atom. The number of rotatable bonds is 13. The molecule has 1 heterocycles. The standard InChI is InChI=1S/C15H34N4O/c16-8-3-1-2-7-15(13-20-11-5-10-18)12-14(19-15)6-4-9-17/h14,19H,1-13,16-18H2. The summed E-state index contributed by atoms with van der Waals surface area (Å²) in [7, 11) is 0. The quantitative estimate of drug-likeness (QED) is 0.374. The van der Waals surface area contributed by atoms with Crippen LogP contribution in [0.4, 0.5) is 0 Å². The minimum Gasteiger partial charge on any atom is -0.379 e. The molecular formula is C15H34N4O. The maximum absolute atomic E-state index is 5.80. The second kappa shape index (κ2) is 10.5. The van der Waals surface area contributed by atoms with E-state index in [0.717, 1.165) is 45.6 Å². The highest BCUT2D eigenvalue weighted by Crippen LogP contribution is 2.32. The zero-order valence-electron chi connectivity index (χ0n) is 12.9. The summed E-state index contributed by atoms with van der Waals surface area (Å²) < 4.78 is 5.80. The Bertz CT molecular complexity index is 210. The first-order chi connectivity index (χ1) is 9.76. The van der Waals surface area contributed by atoms with Crippen LogP contribution in [0, 0.1) is 0 Å². The molecule has 5 nitrogen and oxygen atoms in total. The van der Waals surface area contributed by atoms with Crippen LogP contribution in [0.2, 0.25) is 0 Å². The van der Waals surface area contributed by atoms with E-state index in [4.69, 9.17) is 21.9 Å². The van der Waals surface area contributed by atoms with Crippen molar-refractivity contribution in [2.75, 3.05) is 32.8 Å². The second-order valence-electron chi connectivity index (χ2n) is 6.05. The number of unbranched alkanes of at least 4 members (excludes halogenated alkanes) is 2. The van der Waals surface area contributed by atoms with Gasteiger partial charge in [0.1, 0.15) is 0 Å². The van der Waals surface area contributed by atoms with Gasteiger partial charge in [0.2, 0.25) is 0 Å². The minimum atomic E-state index is 0.197. The van der Waals surface area contributed by atoms with Crippen molar-refractivity contribution in [1.82, 2.24) is 5.32 Å². The summed E-state index contributed by atoms with van der Waals surface area (Å²) in [5.41, 5.74) is 16.8. The third-order valence-electron chi connectivity index (χ3n) is 4.13. The van der Waals surface area contributed by atoms with E-state index in [2.05, 4.69) is 5.32 Å². The summed E-state index contributed by atoms with van der Waals surface area (Å²) >= 11 is 0. The van der Waals surface area contributed by atoms with Gasteiger partial charge in [0.25, 0.3) is 0 Å². The van der Waals surface area contributed by atoms with Crippen LogP contribution in [0.5, 0.6) is 0 Å². The number of nitrogens with two attached hydrogens (primary N) is 3. The van der Waals surface area contributed by atoms with E-state index < -0.39 is 0 Å². The molecule has 5 heteroatoms. The number of ether oxygens (including phenoxy) is 1. The van der Waals surface area contributed by atoms with Crippen LogP contribution in [0.25, 0.3) is 0 Å². The van der Waals surface area contributed by atoms with Gasteiger partial charge in [-0.15, -0.1) is 0 Å². The van der Waals surface area contributed by atoms with Crippen molar-refractivity contribution in [2.24, 2.45) is 17.2 Å². The Balaban J connectivity index is 2.25. The van der Waals surface area contributed by atoms with E-state index in [-0.39, 0.29) is 5.54 Å². The van der Waals surface area contributed by atoms with Gasteiger partial charge in [-0.05, 0) is 58.2 Å². The van der Waals surface area contributed by atoms with Crippen LogP contribution >= 0.6 is 0 Å². The monoisotopic (exact) mass is 286 g/mol. The summed E-state index contributed by atoms with van der Waals surface area (Å²) in [5, 5.41) is 3.74. The first kappa shape index (κ1) is 17.9. The van der Waals surface area contributed by atoms with Gasteiger partial charge in [0, 0.05) is 18.2 Å². The van der Waals surface area contributed by atoms with Crippen molar-refractivity contribution < 1.29 is 4.74 Å². The Morgan fingerprint density at radius 2 is 1.65 bits per heavy atom. The maximum atomic E-state index is 5.80. The van der Waals surface area contributed by atoms with Gasteiger partial charge < -0.3 is 27.3 Å². The van der Waals surface area contributed by atoms with E-state index in [1.807, 2.05) is 0 Å². The van der Waals surface area contributed by atoms with Crippen molar-refractivity contribution in [1.29, 1.82) is 0 Å². The van der Waals surface area contributed by atoms with E-state index in [1.54, 1.807) is 0 Å². The number of nitrogens with one attached hydrogen (secondary N) is 1. The number of hydrogen-bond acceptors (Lipinski definition) is 5. The lowest BCUT2D eigenvalue weighted by atomic mass is 9.76. The topological polar surface area (TPSA) is 99.3 Å². The summed E-state index contributed by atoms with van der Waals surface area (Å²) in [6.45, 7) is 3.88. The lowest BCUT2D eigenvalue weighted by Crippen LogP contribution is -2.66. The molecule has 0 aromatic rings. The Kier molecular flexibility index (Phi) is 9.39. The summed E-state index contributed by atoms with van der Waals surface area (Å²) in [6, 6.07) is 0.631. The first-order valence-electron chi connectivity index (χ1n) is 8.22. The van der Waals surface area contributed by atoms with Crippen LogP contribution in [0.3, 0.4) is 0 Å². The molecule has 0 spiro atoms. The molecule has 0 amide bonds. The molecule has 120 valence electrons. The zero-order valence-corrected chi connectivity index (χ0v) is 12.9. The fourth-order valence-electron chi connectivity index (χ4n) is 3.01. The molecule has 20 heavy (non-hydrogen) atoms. The number of hydrogen-bond donors (Lipinski definition) is 4. The van der Waals surface area contributed by atoms with Gasteiger partial charge in [0.05, 0.1) is 6.61 Å². The van der Waals surface area contributed by atoms with Crippen molar-refractivity contribution >= 4 is 0 Å². The molecule has 1 aliphatic heterocycles. The van der Waals surface area contributed by atoms with E-state index >= 15 is 0 Å². The molecule has 1 rings (SSSR count).